The average molecular weight is 263 g/mol. The Labute approximate surface area is 112 Å². The van der Waals surface area contributed by atoms with E-state index in [-0.39, 0.29) is 13.0 Å². The molecule has 0 spiro atoms. The SMILES string of the molecule is CCOC(=O)C(C#N)CC(O)c1cccc(OC)c1. The van der Waals surface area contributed by atoms with Crippen molar-refractivity contribution in [3.8, 4) is 11.8 Å². The minimum atomic E-state index is -0.971. The number of carbonyl (C=O) groups excluding carboxylic acids is 1. The summed E-state index contributed by atoms with van der Waals surface area (Å²) in [5.41, 5.74) is 0.601. The van der Waals surface area contributed by atoms with Crippen molar-refractivity contribution in [2.75, 3.05) is 13.7 Å². The lowest BCUT2D eigenvalue weighted by Gasteiger charge is -2.14. The first kappa shape index (κ1) is 15.0. The summed E-state index contributed by atoms with van der Waals surface area (Å²) >= 11 is 0. The van der Waals surface area contributed by atoms with Crippen molar-refractivity contribution >= 4 is 5.97 Å². The maximum absolute atomic E-state index is 11.5. The minimum Gasteiger partial charge on any atom is -0.497 e. The summed E-state index contributed by atoms with van der Waals surface area (Å²) in [4.78, 5) is 11.5. The summed E-state index contributed by atoms with van der Waals surface area (Å²) < 4.78 is 9.83. The van der Waals surface area contributed by atoms with Gasteiger partial charge >= 0.3 is 5.97 Å². The second-order valence-electron chi connectivity index (χ2n) is 3.96. The third kappa shape index (κ3) is 4.27. The molecule has 1 rings (SSSR count). The van der Waals surface area contributed by atoms with Crippen LogP contribution in [0.4, 0.5) is 0 Å². The highest BCUT2D eigenvalue weighted by Gasteiger charge is 2.23. The third-order valence-corrected chi connectivity index (χ3v) is 2.66. The predicted molar refractivity (Wildman–Crippen MR) is 68.3 cm³/mol. The van der Waals surface area contributed by atoms with Gasteiger partial charge in [0.25, 0.3) is 0 Å². The molecule has 1 N–H and O–H groups in total. The van der Waals surface area contributed by atoms with Crippen molar-refractivity contribution < 1.29 is 19.4 Å². The lowest BCUT2D eigenvalue weighted by molar-refractivity contribution is -0.146. The summed E-state index contributed by atoms with van der Waals surface area (Å²) in [6.45, 7) is 1.89. The number of aliphatic hydroxyl groups is 1. The fraction of sp³-hybridized carbons (Fsp3) is 0.429. The molecule has 0 heterocycles. The molecule has 0 aliphatic heterocycles. The molecule has 1 aromatic rings. The number of carbonyl (C=O) groups is 1. The Kier molecular flexibility index (Phi) is 5.83. The Hall–Kier alpha value is -2.06. The first-order valence-corrected chi connectivity index (χ1v) is 6.00. The van der Waals surface area contributed by atoms with Crippen LogP contribution in [-0.4, -0.2) is 24.8 Å². The number of methoxy groups -OCH3 is 1. The summed E-state index contributed by atoms with van der Waals surface area (Å²) in [5, 5.41) is 19.0. The second kappa shape index (κ2) is 7.39. The van der Waals surface area contributed by atoms with Gasteiger partial charge in [-0.2, -0.15) is 5.26 Å². The number of hydrogen-bond donors (Lipinski definition) is 1. The van der Waals surface area contributed by atoms with Crippen LogP contribution < -0.4 is 4.74 Å². The lowest BCUT2D eigenvalue weighted by atomic mass is 9.98. The molecule has 0 saturated carbocycles. The molecule has 0 radical (unpaired) electrons. The zero-order valence-corrected chi connectivity index (χ0v) is 11.0. The number of hydrogen-bond acceptors (Lipinski definition) is 5. The van der Waals surface area contributed by atoms with Gasteiger partial charge in [0.2, 0.25) is 0 Å². The molecule has 5 nitrogen and oxygen atoms in total. The monoisotopic (exact) mass is 263 g/mol. The summed E-state index contributed by atoms with van der Waals surface area (Å²) in [6, 6.07) is 8.73. The number of esters is 1. The summed E-state index contributed by atoms with van der Waals surface area (Å²) in [5.74, 6) is -0.964. The maximum Gasteiger partial charge on any atom is 0.323 e. The standard InChI is InChI=1S/C14H17NO4/c1-3-19-14(17)11(9-15)8-13(16)10-5-4-6-12(7-10)18-2/h4-7,11,13,16H,3,8H2,1-2H3. The van der Waals surface area contributed by atoms with Crippen molar-refractivity contribution in [2.45, 2.75) is 19.4 Å². The Balaban J connectivity index is 2.74. The molecule has 2 atom stereocenters. The first-order valence-electron chi connectivity index (χ1n) is 6.00. The van der Waals surface area contributed by atoms with Gasteiger partial charge in [-0.05, 0) is 24.6 Å². The van der Waals surface area contributed by atoms with Crippen molar-refractivity contribution in [2.24, 2.45) is 5.92 Å². The number of rotatable bonds is 6. The topological polar surface area (TPSA) is 79.6 Å². The molecule has 2 unspecified atom stereocenters. The number of nitriles is 1. The largest absolute Gasteiger partial charge is 0.497 e. The van der Waals surface area contributed by atoms with Crippen molar-refractivity contribution in [3.05, 3.63) is 29.8 Å². The van der Waals surface area contributed by atoms with E-state index in [1.807, 2.05) is 6.07 Å². The fourth-order valence-electron chi connectivity index (χ4n) is 1.65. The third-order valence-electron chi connectivity index (χ3n) is 2.66. The van der Waals surface area contributed by atoms with Gasteiger partial charge in [-0.15, -0.1) is 0 Å². The second-order valence-corrected chi connectivity index (χ2v) is 3.96. The summed E-state index contributed by atoms with van der Waals surface area (Å²) in [6.07, 6.45) is -0.910. The zero-order chi connectivity index (χ0) is 14.3. The maximum atomic E-state index is 11.5. The molecule has 0 aliphatic carbocycles. The smallest absolute Gasteiger partial charge is 0.323 e. The van der Waals surface area contributed by atoms with Crippen LogP contribution in [0, 0.1) is 17.2 Å². The quantitative estimate of drug-likeness (QED) is 0.792. The highest BCUT2D eigenvalue weighted by molar-refractivity contribution is 5.75. The minimum absolute atomic E-state index is 0.00248. The van der Waals surface area contributed by atoms with Crippen LogP contribution >= 0.6 is 0 Å². The van der Waals surface area contributed by atoms with Crippen LogP contribution in [0.1, 0.15) is 25.0 Å². The van der Waals surface area contributed by atoms with Crippen LogP contribution in [-0.2, 0) is 9.53 Å². The average Bonchev–Trinajstić information content (AvgIpc) is 2.44. The highest BCUT2D eigenvalue weighted by Crippen LogP contribution is 2.24. The Bertz CT molecular complexity index is 467. The van der Waals surface area contributed by atoms with Crippen molar-refractivity contribution in [3.63, 3.8) is 0 Å². The van der Waals surface area contributed by atoms with Gasteiger partial charge in [0.15, 0.2) is 0 Å². The van der Waals surface area contributed by atoms with Gasteiger partial charge in [0, 0.05) is 6.42 Å². The molecule has 0 aliphatic rings. The van der Waals surface area contributed by atoms with Crippen molar-refractivity contribution in [1.82, 2.24) is 0 Å². The van der Waals surface area contributed by atoms with E-state index in [4.69, 9.17) is 14.7 Å². The van der Waals surface area contributed by atoms with Crippen LogP contribution in [0.5, 0.6) is 5.75 Å². The Morgan fingerprint density at radius 3 is 2.84 bits per heavy atom. The van der Waals surface area contributed by atoms with Gasteiger partial charge in [-0.3, -0.25) is 4.79 Å². The van der Waals surface area contributed by atoms with Crippen LogP contribution in [0.3, 0.4) is 0 Å². The van der Waals surface area contributed by atoms with E-state index in [2.05, 4.69) is 0 Å². The van der Waals surface area contributed by atoms with E-state index in [1.54, 1.807) is 31.2 Å². The summed E-state index contributed by atoms with van der Waals surface area (Å²) in [7, 11) is 1.53. The predicted octanol–water partition coefficient (Wildman–Crippen LogP) is 1.82. The molecule has 0 saturated heterocycles. The molecule has 0 fully saturated rings. The fourth-order valence-corrected chi connectivity index (χ4v) is 1.65. The van der Waals surface area contributed by atoms with E-state index in [0.717, 1.165) is 0 Å². The highest BCUT2D eigenvalue weighted by atomic mass is 16.5. The van der Waals surface area contributed by atoms with Crippen LogP contribution in [0.25, 0.3) is 0 Å². The zero-order valence-electron chi connectivity index (χ0n) is 11.0. The Morgan fingerprint density at radius 1 is 1.53 bits per heavy atom. The molecule has 1 aromatic carbocycles. The number of benzene rings is 1. The molecule has 0 aromatic heterocycles. The molecule has 5 heteroatoms. The molecular weight excluding hydrogens is 246 g/mol. The lowest BCUT2D eigenvalue weighted by Crippen LogP contribution is -2.19. The molecule has 102 valence electrons. The van der Waals surface area contributed by atoms with Crippen LogP contribution in [0.2, 0.25) is 0 Å². The van der Waals surface area contributed by atoms with E-state index in [9.17, 15) is 9.90 Å². The van der Waals surface area contributed by atoms with Gasteiger partial charge in [0.1, 0.15) is 11.7 Å². The van der Waals surface area contributed by atoms with Gasteiger partial charge in [-0.1, -0.05) is 12.1 Å². The van der Waals surface area contributed by atoms with Crippen molar-refractivity contribution in [1.29, 1.82) is 5.26 Å². The first-order chi connectivity index (χ1) is 9.12. The number of nitrogens with zero attached hydrogens (tertiary/aromatic N) is 1. The van der Waals surface area contributed by atoms with E-state index >= 15 is 0 Å². The van der Waals surface area contributed by atoms with Gasteiger partial charge in [0.05, 0.1) is 25.9 Å². The Morgan fingerprint density at radius 2 is 2.26 bits per heavy atom. The van der Waals surface area contributed by atoms with E-state index in [1.165, 1.54) is 7.11 Å². The van der Waals surface area contributed by atoms with Gasteiger partial charge in [-0.25, -0.2) is 0 Å². The molecule has 19 heavy (non-hydrogen) atoms. The molecule has 0 amide bonds. The number of aliphatic hydroxyl groups excluding tert-OH is 1. The van der Waals surface area contributed by atoms with E-state index < -0.39 is 18.0 Å². The van der Waals surface area contributed by atoms with Crippen LogP contribution in [0.15, 0.2) is 24.3 Å². The van der Waals surface area contributed by atoms with E-state index in [0.29, 0.717) is 11.3 Å². The normalized spacial score (nSPS) is 13.2. The number of ether oxygens (including phenoxy) is 2. The van der Waals surface area contributed by atoms with Gasteiger partial charge < -0.3 is 14.6 Å². The molecule has 0 bridgehead atoms. The molecular formula is C14H17NO4.